The first kappa shape index (κ1) is 20.1. The van der Waals surface area contributed by atoms with Crippen molar-refractivity contribution < 1.29 is 4.21 Å². The molecular weight excluding hydrogens is 403 g/mol. The summed E-state index contributed by atoms with van der Waals surface area (Å²) < 4.78 is 14.8. The second-order valence-corrected chi connectivity index (χ2v) is 8.80. The topological polar surface area (TPSA) is 73.8 Å². The Morgan fingerprint density at radius 1 is 1.22 bits per heavy atom. The summed E-state index contributed by atoms with van der Waals surface area (Å²) in [7, 11) is -1.18. The smallest absolute Gasteiger partial charge is 0.151 e. The average molecular weight is 425 g/mol. The minimum Gasteiger partial charge on any atom is -0.382 e. The molecule has 0 radical (unpaired) electrons. The summed E-state index contributed by atoms with van der Waals surface area (Å²) in [6.07, 6.45) is 1.52. The molecule has 0 aliphatic carbocycles. The molecule has 27 heavy (non-hydrogen) atoms. The maximum Gasteiger partial charge on any atom is 0.151 e. The number of pyridine rings is 1. The largest absolute Gasteiger partial charge is 0.382 e. The molecule has 0 bridgehead atoms. The Hall–Kier alpha value is -1.63. The minimum absolute atomic E-state index is 0.438. The zero-order chi connectivity index (χ0) is 19.7. The molecule has 3 aromatic rings. The zero-order valence-corrected chi connectivity index (χ0v) is 17.9. The number of fused-ring (bicyclic) bond motifs is 1. The third-order valence-corrected chi connectivity index (χ3v) is 6.81. The van der Waals surface area contributed by atoms with Gasteiger partial charge in [-0.3, -0.25) is 4.21 Å². The second kappa shape index (κ2) is 8.17. The number of benzene rings is 1. The number of nitrogens with zero attached hydrogens (tertiary/aromatic N) is 3. The third-order valence-electron chi connectivity index (χ3n) is 4.64. The average Bonchev–Trinajstić information content (AvgIpc) is 2.99. The molecule has 0 spiro atoms. The molecule has 1 atom stereocenters. The maximum atomic E-state index is 12.6. The zero-order valence-electron chi connectivity index (χ0n) is 15.6. The van der Waals surface area contributed by atoms with Crippen LogP contribution in [0.5, 0.6) is 0 Å². The lowest BCUT2D eigenvalue weighted by molar-refractivity contribution is 0.647. The van der Waals surface area contributed by atoms with Gasteiger partial charge in [-0.1, -0.05) is 30.1 Å². The van der Waals surface area contributed by atoms with Gasteiger partial charge in [0.15, 0.2) is 5.82 Å². The summed E-state index contributed by atoms with van der Waals surface area (Å²) in [5.74, 6) is 1.92. The molecule has 2 N–H and O–H groups in total. The van der Waals surface area contributed by atoms with Crippen LogP contribution in [0.25, 0.3) is 11.0 Å². The van der Waals surface area contributed by atoms with Crippen molar-refractivity contribution in [1.82, 2.24) is 14.5 Å². The van der Waals surface area contributed by atoms with Gasteiger partial charge in [0.25, 0.3) is 0 Å². The monoisotopic (exact) mass is 424 g/mol. The van der Waals surface area contributed by atoms with Crippen LogP contribution in [0.4, 0.5) is 5.82 Å². The number of hydrogen-bond acceptors (Lipinski definition) is 4. The fourth-order valence-corrected chi connectivity index (χ4v) is 4.96. The molecule has 0 amide bonds. The van der Waals surface area contributed by atoms with Gasteiger partial charge in [-0.25, -0.2) is 9.97 Å². The van der Waals surface area contributed by atoms with Crippen molar-refractivity contribution in [3.8, 4) is 0 Å². The van der Waals surface area contributed by atoms with E-state index in [-0.39, 0.29) is 0 Å². The normalized spacial score (nSPS) is 12.6. The van der Waals surface area contributed by atoms with Crippen molar-refractivity contribution in [1.29, 1.82) is 0 Å². The van der Waals surface area contributed by atoms with Gasteiger partial charge < -0.3 is 10.3 Å². The highest BCUT2D eigenvalue weighted by atomic mass is 35.5. The van der Waals surface area contributed by atoms with Crippen molar-refractivity contribution in [2.24, 2.45) is 0 Å². The summed E-state index contributed by atoms with van der Waals surface area (Å²) in [6.45, 7) is 6.76. The number of hydrogen-bond donors (Lipinski definition) is 1. The highest BCUT2D eigenvalue weighted by Crippen LogP contribution is 2.27. The third kappa shape index (κ3) is 3.98. The SMILES string of the molecule is CCc1nc2c(N)nc(C)c(C)c2n1CCCS(=O)c1ccc(Cl)cc1Cl. The van der Waals surface area contributed by atoms with Crippen molar-refractivity contribution in [3.63, 3.8) is 0 Å². The van der Waals surface area contributed by atoms with Gasteiger partial charge in [0.05, 0.1) is 26.2 Å². The van der Waals surface area contributed by atoms with Crippen molar-refractivity contribution in [2.45, 2.75) is 45.1 Å². The van der Waals surface area contributed by atoms with Gasteiger partial charge in [-0.2, -0.15) is 0 Å². The van der Waals surface area contributed by atoms with E-state index in [4.69, 9.17) is 28.9 Å². The molecule has 0 saturated carbocycles. The van der Waals surface area contributed by atoms with Crippen molar-refractivity contribution in [3.05, 3.63) is 45.3 Å². The first-order valence-corrected chi connectivity index (χ1v) is 10.9. The van der Waals surface area contributed by atoms with Crippen molar-refractivity contribution >= 4 is 50.9 Å². The summed E-state index contributed by atoms with van der Waals surface area (Å²) >= 11 is 12.1. The maximum absolute atomic E-state index is 12.6. The number of anilines is 1. The predicted molar refractivity (Wildman–Crippen MR) is 113 cm³/mol. The van der Waals surface area contributed by atoms with E-state index in [0.29, 0.717) is 33.1 Å². The second-order valence-electron chi connectivity index (χ2n) is 6.42. The number of halogens is 2. The number of nitrogen functional groups attached to an aromatic ring is 1. The predicted octanol–water partition coefficient (Wildman–Crippen LogP) is 4.70. The fourth-order valence-electron chi connectivity index (χ4n) is 3.18. The lowest BCUT2D eigenvalue weighted by Crippen LogP contribution is -2.09. The molecular formula is C19H22Cl2N4OS. The minimum atomic E-state index is -1.18. The van der Waals surface area contributed by atoms with Gasteiger partial charge in [0.1, 0.15) is 11.3 Å². The van der Waals surface area contributed by atoms with Gasteiger partial charge in [-0.15, -0.1) is 0 Å². The number of imidazole rings is 1. The number of aryl methyl sites for hydroxylation is 4. The molecule has 2 aromatic heterocycles. The van der Waals surface area contributed by atoms with Crippen LogP contribution in [-0.4, -0.2) is 24.5 Å². The Morgan fingerprint density at radius 2 is 1.96 bits per heavy atom. The standard InChI is InChI=1S/C19H22Cl2N4OS/c1-4-16-24-17-18(11(2)12(3)23-19(17)22)25(16)8-5-9-27(26)15-7-6-13(20)10-14(15)21/h6-7,10H,4-5,8-9H2,1-3H3,(H2,22,23). The number of rotatable bonds is 6. The quantitative estimate of drug-likeness (QED) is 0.622. The summed E-state index contributed by atoms with van der Waals surface area (Å²) in [6, 6.07) is 5.06. The lowest BCUT2D eigenvalue weighted by Gasteiger charge is -2.11. The van der Waals surface area contributed by atoms with Crippen LogP contribution in [0.1, 0.15) is 30.4 Å². The number of nitrogens with two attached hydrogens (primary N) is 1. The Bertz CT molecular complexity index is 1030. The Morgan fingerprint density at radius 3 is 2.63 bits per heavy atom. The first-order valence-electron chi connectivity index (χ1n) is 8.78. The van der Waals surface area contributed by atoms with E-state index >= 15 is 0 Å². The Labute approximate surface area is 171 Å². The summed E-state index contributed by atoms with van der Waals surface area (Å²) in [5, 5.41) is 0.976. The Kier molecular flexibility index (Phi) is 6.08. The van der Waals surface area contributed by atoms with Crippen molar-refractivity contribution in [2.75, 3.05) is 11.5 Å². The van der Waals surface area contributed by atoms with E-state index < -0.39 is 10.8 Å². The van der Waals surface area contributed by atoms with E-state index in [1.54, 1.807) is 18.2 Å². The van der Waals surface area contributed by atoms with Crippen LogP contribution in [0.15, 0.2) is 23.1 Å². The molecule has 144 valence electrons. The summed E-state index contributed by atoms with van der Waals surface area (Å²) in [4.78, 5) is 9.68. The van der Waals surface area contributed by atoms with Crippen LogP contribution >= 0.6 is 23.2 Å². The Balaban J connectivity index is 1.84. The van der Waals surface area contributed by atoms with Crippen LogP contribution < -0.4 is 5.73 Å². The van der Waals surface area contributed by atoms with Crippen LogP contribution in [0, 0.1) is 13.8 Å². The molecule has 0 fully saturated rings. The van der Waals surface area contributed by atoms with Gasteiger partial charge in [0.2, 0.25) is 0 Å². The number of aromatic nitrogens is 3. The molecule has 5 nitrogen and oxygen atoms in total. The molecule has 0 saturated heterocycles. The highest BCUT2D eigenvalue weighted by Gasteiger charge is 2.17. The van der Waals surface area contributed by atoms with Gasteiger partial charge in [0, 0.05) is 29.4 Å². The van der Waals surface area contributed by atoms with E-state index in [1.165, 1.54) is 0 Å². The van der Waals surface area contributed by atoms with Crippen LogP contribution in [0.3, 0.4) is 0 Å². The van der Waals surface area contributed by atoms with E-state index in [0.717, 1.165) is 41.0 Å². The molecule has 3 rings (SSSR count). The molecule has 0 aliphatic rings. The van der Waals surface area contributed by atoms with Crippen LogP contribution in [0.2, 0.25) is 10.0 Å². The summed E-state index contributed by atoms with van der Waals surface area (Å²) in [5.41, 5.74) is 9.83. The van der Waals surface area contributed by atoms with Gasteiger partial charge in [-0.05, 0) is 44.0 Å². The molecule has 2 heterocycles. The van der Waals surface area contributed by atoms with Crippen LogP contribution in [-0.2, 0) is 23.8 Å². The molecule has 1 unspecified atom stereocenters. The lowest BCUT2D eigenvalue weighted by atomic mass is 10.2. The molecule has 8 heteroatoms. The van der Waals surface area contributed by atoms with E-state index in [2.05, 4.69) is 21.5 Å². The molecule has 1 aromatic carbocycles. The first-order chi connectivity index (χ1) is 12.8. The van der Waals surface area contributed by atoms with Gasteiger partial charge >= 0.3 is 0 Å². The van der Waals surface area contributed by atoms with E-state index in [1.807, 2.05) is 13.8 Å². The highest BCUT2D eigenvalue weighted by molar-refractivity contribution is 7.85. The molecule has 0 aliphatic heterocycles. The van der Waals surface area contributed by atoms with E-state index in [9.17, 15) is 4.21 Å². The fraction of sp³-hybridized carbons (Fsp3) is 0.368.